The van der Waals surface area contributed by atoms with Crippen LogP contribution in [0.15, 0.2) is 24.3 Å². The Labute approximate surface area is 83.8 Å². The molecule has 2 rings (SSSR count). The van der Waals surface area contributed by atoms with Crippen molar-refractivity contribution in [3.8, 4) is 0 Å². The zero-order valence-corrected chi connectivity index (χ0v) is 7.88. The lowest BCUT2D eigenvalue weighted by molar-refractivity contribution is 0.275. The lowest BCUT2D eigenvalue weighted by atomic mass is 10.3. The molecular weight excluding hydrogens is 213 g/mol. The minimum atomic E-state index is -0.889. The average molecular weight is 218 g/mol. The van der Waals surface area contributed by atoms with Crippen molar-refractivity contribution in [2.45, 2.75) is 0 Å². The van der Waals surface area contributed by atoms with Crippen molar-refractivity contribution < 1.29 is 4.79 Å². The fourth-order valence-electron chi connectivity index (χ4n) is 0.786. The van der Waals surface area contributed by atoms with Crippen molar-refractivity contribution in [1.29, 1.82) is 0 Å². The van der Waals surface area contributed by atoms with Gasteiger partial charge in [0.2, 0.25) is 0 Å². The Morgan fingerprint density at radius 2 is 1.54 bits per heavy atom. The molecule has 0 spiro atoms. The van der Waals surface area contributed by atoms with Gasteiger partial charge in [-0.3, -0.25) is 4.79 Å². The molecule has 0 bridgehead atoms. The molecule has 0 amide bonds. The smallest absolute Gasteiger partial charge is 0.262 e. The molecule has 4 nitrogen and oxygen atoms in total. The van der Waals surface area contributed by atoms with E-state index in [-0.39, 0.29) is 0 Å². The number of aromatic amines is 1. The zero-order valence-electron chi connectivity index (χ0n) is 6.37. The molecule has 0 unspecified atom stereocenters. The summed E-state index contributed by atoms with van der Waals surface area (Å²) in [6.45, 7) is 0. The summed E-state index contributed by atoms with van der Waals surface area (Å²) in [5.74, 6) is 0. The largest absolute Gasteiger partial charge is 0.313 e. The number of hydrogen-bond acceptors (Lipinski definition) is 3. The minimum absolute atomic E-state index is 0.889. The van der Waals surface area contributed by atoms with E-state index in [1.165, 1.54) is 0 Å². The number of nitrogens with one attached hydrogen (secondary N) is 1. The Morgan fingerprint density at radius 3 is 1.92 bits per heavy atom. The number of para-hydroxylation sites is 2. The summed E-state index contributed by atoms with van der Waals surface area (Å²) in [6.07, 6.45) is 0. The first kappa shape index (κ1) is 9.95. The van der Waals surface area contributed by atoms with Crippen molar-refractivity contribution in [1.82, 2.24) is 15.4 Å². The molecule has 0 atom stereocenters. The predicted octanol–water partition coefficient (Wildman–Crippen LogP) is 2.54. The van der Waals surface area contributed by atoms with E-state index >= 15 is 0 Å². The number of halogens is 2. The second-order valence-electron chi connectivity index (χ2n) is 2.04. The van der Waals surface area contributed by atoms with Gasteiger partial charge in [-0.2, -0.15) is 15.4 Å². The second kappa shape index (κ2) is 4.79. The fraction of sp³-hybridized carbons (Fsp3) is 0. The Bertz CT molecular complexity index is 367. The molecule has 13 heavy (non-hydrogen) atoms. The molecule has 1 aromatic carbocycles. The van der Waals surface area contributed by atoms with Crippen molar-refractivity contribution in [3.05, 3.63) is 24.3 Å². The van der Waals surface area contributed by atoms with Crippen LogP contribution in [0.4, 0.5) is 4.79 Å². The highest BCUT2D eigenvalue weighted by molar-refractivity contribution is 6.93. The normalized spacial score (nSPS) is 9.08. The molecule has 0 aliphatic carbocycles. The maximum Gasteiger partial charge on any atom is 0.313 e. The van der Waals surface area contributed by atoms with Gasteiger partial charge < -0.3 is 0 Å². The lowest BCUT2D eigenvalue weighted by Crippen LogP contribution is -1.63. The highest BCUT2D eigenvalue weighted by atomic mass is 35.5. The van der Waals surface area contributed by atoms with Gasteiger partial charge in [-0.1, -0.05) is 12.1 Å². The van der Waals surface area contributed by atoms with Crippen LogP contribution < -0.4 is 0 Å². The van der Waals surface area contributed by atoms with E-state index in [9.17, 15) is 0 Å². The summed E-state index contributed by atoms with van der Waals surface area (Å²) in [6, 6.07) is 7.70. The molecule has 0 radical (unpaired) electrons. The van der Waals surface area contributed by atoms with Crippen LogP contribution in [0.2, 0.25) is 0 Å². The third kappa shape index (κ3) is 3.40. The first-order valence-corrected chi connectivity index (χ1v) is 4.06. The standard InChI is InChI=1S/C6H5N3.CCl2O/c1-2-4-6-5(3-1)7-9-8-6;2-1(3)4/h1-4H,(H,7,8,9);. The summed E-state index contributed by atoms with van der Waals surface area (Å²) >= 11 is 8.80. The summed E-state index contributed by atoms with van der Waals surface area (Å²) in [5, 5.41) is 10.3. The quantitative estimate of drug-likeness (QED) is 0.691. The molecule has 1 N–H and O–H groups in total. The molecule has 0 aliphatic rings. The minimum Gasteiger partial charge on any atom is -0.262 e. The Balaban J connectivity index is 0.000000184. The van der Waals surface area contributed by atoms with Crippen LogP contribution in [-0.2, 0) is 0 Å². The van der Waals surface area contributed by atoms with Gasteiger partial charge >= 0.3 is 4.70 Å². The van der Waals surface area contributed by atoms with Crippen LogP contribution in [0.1, 0.15) is 0 Å². The highest BCUT2D eigenvalue weighted by Crippen LogP contribution is 2.03. The van der Waals surface area contributed by atoms with E-state index in [0.717, 1.165) is 11.0 Å². The SMILES string of the molecule is O=C(Cl)Cl.c1ccc2n[nH]nc2c1. The van der Waals surface area contributed by atoms with Crippen LogP contribution in [0.25, 0.3) is 11.0 Å². The molecule has 0 saturated heterocycles. The molecule has 68 valence electrons. The third-order valence-corrected chi connectivity index (χ3v) is 1.22. The van der Waals surface area contributed by atoms with Gasteiger partial charge in [-0.25, -0.2) is 0 Å². The van der Waals surface area contributed by atoms with E-state index in [0.29, 0.717) is 0 Å². The van der Waals surface area contributed by atoms with E-state index in [2.05, 4.69) is 38.6 Å². The van der Waals surface area contributed by atoms with E-state index in [1.807, 2.05) is 24.3 Å². The molecule has 1 aromatic heterocycles. The van der Waals surface area contributed by atoms with Gasteiger partial charge in [0, 0.05) is 0 Å². The topological polar surface area (TPSA) is 58.6 Å². The van der Waals surface area contributed by atoms with Gasteiger partial charge in [-0.15, -0.1) is 0 Å². The van der Waals surface area contributed by atoms with Crippen molar-refractivity contribution in [3.63, 3.8) is 0 Å². The van der Waals surface area contributed by atoms with Crippen LogP contribution in [0, 0.1) is 0 Å². The monoisotopic (exact) mass is 217 g/mol. The van der Waals surface area contributed by atoms with Gasteiger partial charge in [0.1, 0.15) is 11.0 Å². The number of carbonyl (C=O) groups is 1. The van der Waals surface area contributed by atoms with Crippen LogP contribution in [-0.4, -0.2) is 20.1 Å². The number of nitrogens with zero attached hydrogens (tertiary/aromatic N) is 2. The number of H-pyrrole nitrogens is 1. The van der Waals surface area contributed by atoms with Crippen molar-refractivity contribution in [2.75, 3.05) is 0 Å². The molecular formula is C7H5Cl2N3O. The fourth-order valence-corrected chi connectivity index (χ4v) is 0.786. The first-order valence-electron chi connectivity index (χ1n) is 3.30. The molecule has 2 aromatic rings. The van der Waals surface area contributed by atoms with Gasteiger partial charge in [-0.05, 0) is 35.3 Å². The number of benzene rings is 1. The molecule has 0 saturated carbocycles. The Hall–Kier alpha value is -1.13. The number of aromatic nitrogens is 3. The maximum atomic E-state index is 8.98. The average Bonchev–Trinajstić information content (AvgIpc) is 2.49. The number of carbonyl (C=O) groups excluding carboxylic acids is 1. The lowest BCUT2D eigenvalue weighted by Gasteiger charge is -1.78. The van der Waals surface area contributed by atoms with Crippen LogP contribution in [0.5, 0.6) is 0 Å². The van der Waals surface area contributed by atoms with Crippen LogP contribution in [0.3, 0.4) is 0 Å². The first-order chi connectivity index (χ1) is 6.20. The second-order valence-corrected chi connectivity index (χ2v) is 2.92. The third-order valence-electron chi connectivity index (χ3n) is 1.22. The number of rotatable bonds is 0. The van der Waals surface area contributed by atoms with Crippen LogP contribution >= 0.6 is 23.2 Å². The Morgan fingerprint density at radius 1 is 1.15 bits per heavy atom. The van der Waals surface area contributed by atoms with Gasteiger partial charge in [0.25, 0.3) is 0 Å². The van der Waals surface area contributed by atoms with Gasteiger partial charge in [0.05, 0.1) is 0 Å². The zero-order chi connectivity index (χ0) is 9.68. The predicted molar refractivity (Wildman–Crippen MR) is 51.0 cm³/mol. The molecule has 1 heterocycles. The van der Waals surface area contributed by atoms with E-state index in [4.69, 9.17) is 4.79 Å². The molecule has 0 fully saturated rings. The van der Waals surface area contributed by atoms with Crippen molar-refractivity contribution >= 4 is 38.9 Å². The molecule has 0 aliphatic heterocycles. The van der Waals surface area contributed by atoms with Crippen molar-refractivity contribution in [2.24, 2.45) is 0 Å². The van der Waals surface area contributed by atoms with E-state index in [1.54, 1.807) is 0 Å². The summed E-state index contributed by atoms with van der Waals surface area (Å²) in [7, 11) is 0. The number of fused-ring (bicyclic) bond motifs is 1. The molecule has 6 heteroatoms. The summed E-state index contributed by atoms with van der Waals surface area (Å²) in [4.78, 5) is 8.98. The maximum absolute atomic E-state index is 8.98. The summed E-state index contributed by atoms with van der Waals surface area (Å²) in [5.41, 5.74) is 1.83. The van der Waals surface area contributed by atoms with Gasteiger partial charge in [0.15, 0.2) is 0 Å². The highest BCUT2D eigenvalue weighted by Gasteiger charge is 1.90. The summed E-state index contributed by atoms with van der Waals surface area (Å²) < 4.78 is -0.889. The van der Waals surface area contributed by atoms with E-state index < -0.39 is 4.70 Å². The number of hydrogen-bond donors (Lipinski definition) is 1. The Kier molecular flexibility index (Phi) is 3.67.